The molecule has 0 aliphatic carbocycles. The second-order valence-electron chi connectivity index (χ2n) is 10.9. The van der Waals surface area contributed by atoms with Gasteiger partial charge < -0.3 is 9.84 Å². The molecule has 3 aromatic rings. The van der Waals surface area contributed by atoms with Crippen LogP contribution < -0.4 is 13.8 Å². The molecule has 1 saturated heterocycles. The van der Waals surface area contributed by atoms with E-state index in [1.165, 1.54) is 16.4 Å². The standard InChI is InChI=1S/C28H30FN3O7S2/c1-28(2,17-33)18-40(35,36)31-11-10-22(14-31)20-8-9-21-13-24(39-16-19-6-4-3-5-7-19)27(26(29)23(21)12-20)32-15-25(34)30-41(32,37)38/h3-10,12-13,33H,11,14-18H2,1-2H3,(H,30,34). The molecule has 0 bridgehead atoms. The number of nitrogens with one attached hydrogen (secondary N) is 1. The molecule has 13 heteroatoms. The van der Waals surface area contributed by atoms with Gasteiger partial charge in [-0.05, 0) is 34.2 Å². The van der Waals surface area contributed by atoms with Crippen LogP contribution in [0.15, 0.2) is 60.7 Å². The first kappa shape index (κ1) is 29.0. The Labute approximate surface area is 238 Å². The van der Waals surface area contributed by atoms with Crippen LogP contribution in [0, 0.1) is 11.2 Å². The average Bonchev–Trinajstić information content (AvgIpc) is 3.52. The number of halogens is 1. The van der Waals surface area contributed by atoms with Crippen LogP contribution in [0.3, 0.4) is 0 Å². The van der Waals surface area contributed by atoms with Gasteiger partial charge in [0, 0.05) is 30.5 Å². The molecule has 41 heavy (non-hydrogen) atoms. The van der Waals surface area contributed by atoms with Gasteiger partial charge in [0.05, 0.1) is 5.75 Å². The van der Waals surface area contributed by atoms with Crippen molar-refractivity contribution in [1.29, 1.82) is 0 Å². The Morgan fingerprint density at radius 1 is 1.10 bits per heavy atom. The largest absolute Gasteiger partial charge is 0.487 e. The van der Waals surface area contributed by atoms with Crippen molar-refractivity contribution in [3.8, 4) is 5.75 Å². The summed E-state index contributed by atoms with van der Waals surface area (Å²) in [6.07, 6.45) is 1.74. The van der Waals surface area contributed by atoms with E-state index in [0.717, 1.165) is 5.56 Å². The number of benzene rings is 3. The molecule has 0 unspecified atom stereocenters. The minimum absolute atomic E-state index is 0.0381. The Hall–Kier alpha value is -3.52. The van der Waals surface area contributed by atoms with Gasteiger partial charge in [0.1, 0.15) is 24.6 Å². The fourth-order valence-corrected chi connectivity index (χ4v) is 7.88. The zero-order valence-corrected chi connectivity index (χ0v) is 24.1. The Bertz CT molecular complexity index is 1760. The van der Waals surface area contributed by atoms with Gasteiger partial charge in [0.15, 0.2) is 5.82 Å². The van der Waals surface area contributed by atoms with Gasteiger partial charge in [-0.2, -0.15) is 12.7 Å². The maximum atomic E-state index is 16.3. The van der Waals surface area contributed by atoms with Crippen LogP contribution in [0.4, 0.5) is 10.1 Å². The number of aliphatic hydroxyl groups excluding tert-OH is 1. The van der Waals surface area contributed by atoms with Crippen molar-refractivity contribution >= 4 is 48.2 Å². The van der Waals surface area contributed by atoms with Crippen LogP contribution in [0.25, 0.3) is 16.3 Å². The molecular formula is C28H30FN3O7S2. The molecule has 10 nitrogen and oxygen atoms in total. The van der Waals surface area contributed by atoms with E-state index in [1.54, 1.807) is 32.1 Å². The molecule has 0 spiro atoms. The van der Waals surface area contributed by atoms with Crippen molar-refractivity contribution in [3.05, 3.63) is 77.6 Å². The van der Waals surface area contributed by atoms with Crippen molar-refractivity contribution in [1.82, 2.24) is 9.03 Å². The highest BCUT2D eigenvalue weighted by Crippen LogP contribution is 2.40. The van der Waals surface area contributed by atoms with E-state index in [9.17, 15) is 26.7 Å². The molecule has 1 amide bonds. The summed E-state index contributed by atoms with van der Waals surface area (Å²) in [6, 6.07) is 15.5. The van der Waals surface area contributed by atoms with Gasteiger partial charge in [0.25, 0.3) is 5.91 Å². The maximum absolute atomic E-state index is 16.3. The number of hydrogen-bond acceptors (Lipinski definition) is 7. The summed E-state index contributed by atoms with van der Waals surface area (Å²) in [7, 11) is -8.02. The van der Waals surface area contributed by atoms with Crippen molar-refractivity contribution in [2.75, 3.05) is 36.3 Å². The molecule has 1 fully saturated rings. The Morgan fingerprint density at radius 3 is 2.49 bits per heavy atom. The highest BCUT2D eigenvalue weighted by atomic mass is 32.2. The number of hydrogen-bond donors (Lipinski definition) is 2. The Kier molecular flexibility index (Phi) is 7.57. The Balaban J connectivity index is 1.51. The number of anilines is 1. The second kappa shape index (κ2) is 10.7. The number of ether oxygens (including phenoxy) is 1. The average molecular weight is 604 g/mol. The summed E-state index contributed by atoms with van der Waals surface area (Å²) in [5.74, 6) is -1.96. The molecule has 2 N–H and O–H groups in total. The number of fused-ring (bicyclic) bond motifs is 1. The van der Waals surface area contributed by atoms with Gasteiger partial charge in [-0.3, -0.25) is 4.79 Å². The number of aliphatic hydroxyl groups is 1. The number of amides is 1. The highest BCUT2D eigenvalue weighted by molar-refractivity contribution is 7.92. The SMILES string of the molecule is CC(C)(CO)CS(=O)(=O)N1CC=C(c2ccc3cc(OCc4ccccc4)c(N4CC(=O)NS4(=O)=O)c(F)c3c2)C1. The molecule has 2 aliphatic rings. The third kappa shape index (κ3) is 5.94. The third-order valence-electron chi connectivity index (χ3n) is 6.98. The molecule has 0 atom stereocenters. The van der Waals surface area contributed by atoms with Gasteiger partial charge in [-0.25, -0.2) is 21.8 Å². The summed E-state index contributed by atoms with van der Waals surface area (Å²) in [5.41, 5.74) is 0.810. The van der Waals surface area contributed by atoms with E-state index in [0.29, 0.717) is 20.8 Å². The zero-order chi connectivity index (χ0) is 29.6. The first-order valence-corrected chi connectivity index (χ1v) is 15.9. The van der Waals surface area contributed by atoms with Gasteiger partial charge in [-0.1, -0.05) is 62.4 Å². The van der Waals surface area contributed by atoms with E-state index in [2.05, 4.69) is 0 Å². The summed E-state index contributed by atoms with van der Waals surface area (Å²) < 4.78 is 77.3. The predicted octanol–water partition coefficient (Wildman–Crippen LogP) is 2.79. The highest BCUT2D eigenvalue weighted by Gasteiger charge is 2.38. The van der Waals surface area contributed by atoms with Crippen LogP contribution >= 0.6 is 0 Å². The van der Waals surface area contributed by atoms with E-state index in [-0.39, 0.29) is 48.9 Å². The quantitative estimate of drug-likeness (QED) is 0.384. The topological polar surface area (TPSA) is 133 Å². The molecule has 2 aliphatic heterocycles. The van der Waals surface area contributed by atoms with Gasteiger partial charge in [0.2, 0.25) is 10.0 Å². The van der Waals surface area contributed by atoms with Gasteiger partial charge in [-0.15, -0.1) is 0 Å². The normalized spacial score (nSPS) is 17.6. The third-order valence-corrected chi connectivity index (χ3v) is 10.6. The summed E-state index contributed by atoms with van der Waals surface area (Å²) in [4.78, 5) is 12.0. The lowest BCUT2D eigenvalue weighted by atomic mass is 9.98. The maximum Gasteiger partial charge on any atom is 0.326 e. The summed E-state index contributed by atoms with van der Waals surface area (Å²) in [5, 5.41) is 10.0. The van der Waals surface area contributed by atoms with Crippen LogP contribution in [0.2, 0.25) is 0 Å². The second-order valence-corrected chi connectivity index (χ2v) is 14.4. The lowest BCUT2D eigenvalue weighted by Crippen LogP contribution is -2.38. The predicted molar refractivity (Wildman–Crippen MR) is 153 cm³/mol. The number of nitrogens with zero attached hydrogens (tertiary/aromatic N) is 2. The smallest absolute Gasteiger partial charge is 0.326 e. The van der Waals surface area contributed by atoms with Crippen molar-refractivity contribution in [3.63, 3.8) is 0 Å². The molecule has 0 saturated carbocycles. The van der Waals surface area contributed by atoms with Crippen molar-refractivity contribution in [2.24, 2.45) is 5.41 Å². The number of carbonyl (C=O) groups excluding carboxylic acids is 1. The molecule has 2 heterocycles. The lowest BCUT2D eigenvalue weighted by molar-refractivity contribution is -0.117. The molecule has 0 aromatic heterocycles. The minimum atomic E-state index is -4.34. The molecule has 218 valence electrons. The van der Waals surface area contributed by atoms with Crippen LogP contribution in [0.5, 0.6) is 5.75 Å². The summed E-state index contributed by atoms with van der Waals surface area (Å²) >= 11 is 0. The van der Waals surface area contributed by atoms with Crippen LogP contribution in [-0.2, 0) is 31.6 Å². The lowest BCUT2D eigenvalue weighted by Gasteiger charge is -2.25. The van der Waals surface area contributed by atoms with E-state index in [1.807, 2.05) is 35.1 Å². The number of rotatable bonds is 9. The van der Waals surface area contributed by atoms with E-state index in [4.69, 9.17) is 4.74 Å². The summed E-state index contributed by atoms with van der Waals surface area (Å²) in [6.45, 7) is 2.70. The van der Waals surface area contributed by atoms with Gasteiger partial charge >= 0.3 is 10.2 Å². The first-order valence-electron chi connectivity index (χ1n) is 12.8. The fraction of sp³-hybridized carbons (Fsp3) is 0.321. The fourth-order valence-electron chi connectivity index (χ4n) is 4.82. The van der Waals surface area contributed by atoms with Crippen molar-refractivity contribution in [2.45, 2.75) is 20.5 Å². The Morgan fingerprint density at radius 2 is 1.83 bits per heavy atom. The van der Waals surface area contributed by atoms with Crippen LogP contribution in [0.1, 0.15) is 25.0 Å². The number of carbonyl (C=O) groups is 1. The molecule has 3 aromatic carbocycles. The molecule has 0 radical (unpaired) electrons. The van der Waals surface area contributed by atoms with Crippen molar-refractivity contribution < 1.29 is 35.9 Å². The van der Waals surface area contributed by atoms with E-state index >= 15 is 4.39 Å². The molecular weight excluding hydrogens is 573 g/mol. The number of sulfonamides is 1. The van der Waals surface area contributed by atoms with E-state index < -0.39 is 43.9 Å². The van der Waals surface area contributed by atoms with Crippen LogP contribution in [-0.4, -0.2) is 64.1 Å². The monoisotopic (exact) mass is 603 g/mol. The first-order chi connectivity index (χ1) is 19.3. The molecule has 5 rings (SSSR count). The minimum Gasteiger partial charge on any atom is -0.487 e. The zero-order valence-electron chi connectivity index (χ0n) is 22.5.